The maximum Gasteiger partial charge on any atom is 0.241 e. The zero-order valence-electron chi connectivity index (χ0n) is 15.9. The number of aryl methyl sites for hydroxylation is 1. The molecule has 1 aromatic carbocycles. The second-order valence-electron chi connectivity index (χ2n) is 8.23. The van der Waals surface area contributed by atoms with Crippen LogP contribution in [0.5, 0.6) is 0 Å². The van der Waals surface area contributed by atoms with E-state index in [1.165, 1.54) is 11.1 Å². The first-order valence-electron chi connectivity index (χ1n) is 10.2. The standard InChI is InChI=1S/C22H26N2O3S/c25-13-17-6-3-9-24(17)22(27)21-20(19(28)12-23-21)18(26)11-14-7-8-15-4-1-2-5-16(15)10-14/h1-2,4-5,13-14,17,20-21,23H,3,6-12H2/t14-,17+,20?,21+/m1/s1. The van der Waals surface area contributed by atoms with Gasteiger partial charge in [-0.2, -0.15) is 0 Å². The van der Waals surface area contributed by atoms with Gasteiger partial charge in [0.25, 0.3) is 0 Å². The smallest absolute Gasteiger partial charge is 0.241 e. The minimum Gasteiger partial charge on any atom is -0.332 e. The Hall–Kier alpha value is -1.92. The van der Waals surface area contributed by atoms with Crippen LogP contribution in [0.25, 0.3) is 0 Å². The Morgan fingerprint density at radius 3 is 2.79 bits per heavy atom. The highest BCUT2D eigenvalue weighted by molar-refractivity contribution is 7.80. The van der Waals surface area contributed by atoms with Crippen LogP contribution >= 0.6 is 12.2 Å². The van der Waals surface area contributed by atoms with Crippen LogP contribution < -0.4 is 5.32 Å². The van der Waals surface area contributed by atoms with Gasteiger partial charge in [0.1, 0.15) is 18.1 Å². The third-order valence-electron chi connectivity index (χ3n) is 6.47. The number of thiocarbonyl (C=S) groups is 1. The number of likely N-dealkylation sites (tertiary alicyclic amines) is 1. The van der Waals surface area contributed by atoms with Crippen LogP contribution in [-0.4, -0.2) is 52.9 Å². The molecule has 1 aromatic rings. The van der Waals surface area contributed by atoms with E-state index in [1.807, 2.05) is 6.07 Å². The molecule has 4 atom stereocenters. The average molecular weight is 399 g/mol. The predicted molar refractivity (Wildman–Crippen MR) is 110 cm³/mol. The Morgan fingerprint density at radius 1 is 1.21 bits per heavy atom. The molecule has 1 unspecified atom stereocenters. The van der Waals surface area contributed by atoms with Crippen molar-refractivity contribution in [1.29, 1.82) is 0 Å². The van der Waals surface area contributed by atoms with Crippen molar-refractivity contribution in [2.24, 2.45) is 11.8 Å². The predicted octanol–water partition coefficient (Wildman–Crippen LogP) is 1.90. The molecular weight excluding hydrogens is 372 g/mol. The number of nitrogens with zero attached hydrogens (tertiary/aromatic N) is 1. The van der Waals surface area contributed by atoms with Gasteiger partial charge in [0.05, 0.1) is 12.0 Å². The minimum atomic E-state index is -0.614. The van der Waals surface area contributed by atoms with E-state index in [0.29, 0.717) is 36.7 Å². The second kappa shape index (κ2) is 8.21. The van der Waals surface area contributed by atoms with Crippen molar-refractivity contribution in [2.75, 3.05) is 13.1 Å². The number of aldehydes is 1. The number of fused-ring (bicyclic) bond motifs is 1. The first kappa shape index (κ1) is 19.4. The fourth-order valence-electron chi connectivity index (χ4n) is 4.96. The highest BCUT2D eigenvalue weighted by Crippen LogP contribution is 2.30. The molecule has 148 valence electrons. The fraction of sp³-hybridized carbons (Fsp3) is 0.545. The Labute approximate surface area is 170 Å². The normalized spacial score (nSPS) is 29.6. The summed E-state index contributed by atoms with van der Waals surface area (Å²) >= 11 is 5.45. The topological polar surface area (TPSA) is 66.5 Å². The summed E-state index contributed by atoms with van der Waals surface area (Å²) in [5.74, 6) is -0.329. The summed E-state index contributed by atoms with van der Waals surface area (Å²) < 4.78 is 0. The highest BCUT2D eigenvalue weighted by Gasteiger charge is 2.45. The fourth-order valence-corrected chi connectivity index (χ4v) is 5.32. The van der Waals surface area contributed by atoms with E-state index < -0.39 is 12.0 Å². The molecule has 2 aliphatic heterocycles. The third-order valence-corrected chi connectivity index (χ3v) is 6.87. The molecule has 0 spiro atoms. The number of hydrogen-bond donors (Lipinski definition) is 1. The number of carbonyl (C=O) groups excluding carboxylic acids is 3. The lowest BCUT2D eigenvalue weighted by atomic mass is 9.79. The van der Waals surface area contributed by atoms with Crippen LogP contribution in [-0.2, 0) is 27.2 Å². The number of Topliss-reactive ketones (excluding diaryl/α,β-unsaturated/α-hetero) is 1. The number of ketones is 1. The van der Waals surface area contributed by atoms with Gasteiger partial charge >= 0.3 is 0 Å². The van der Waals surface area contributed by atoms with Crippen molar-refractivity contribution in [3.8, 4) is 0 Å². The van der Waals surface area contributed by atoms with Gasteiger partial charge < -0.3 is 15.0 Å². The third kappa shape index (κ3) is 3.67. The summed E-state index contributed by atoms with van der Waals surface area (Å²) in [5.41, 5.74) is 2.71. The molecule has 0 saturated carbocycles. The summed E-state index contributed by atoms with van der Waals surface area (Å²) in [5, 5.41) is 3.14. The van der Waals surface area contributed by atoms with Crippen LogP contribution in [0.1, 0.15) is 36.8 Å². The van der Waals surface area contributed by atoms with E-state index in [1.54, 1.807) is 4.90 Å². The maximum atomic E-state index is 13.1. The number of amides is 1. The SMILES string of the molecule is O=C[C@@H]1CCCN1C(=O)[C@H]1NCC(=S)C1C(=O)C[C@@H]1CCc2ccccc2C1. The first-order chi connectivity index (χ1) is 13.6. The van der Waals surface area contributed by atoms with Crippen molar-refractivity contribution < 1.29 is 14.4 Å². The van der Waals surface area contributed by atoms with Crippen molar-refractivity contribution in [1.82, 2.24) is 10.2 Å². The molecule has 0 bridgehead atoms. The quantitative estimate of drug-likeness (QED) is 0.606. The molecule has 2 saturated heterocycles. The lowest BCUT2D eigenvalue weighted by Crippen LogP contribution is -2.50. The molecule has 5 nitrogen and oxygen atoms in total. The molecule has 0 aromatic heterocycles. The summed E-state index contributed by atoms with van der Waals surface area (Å²) in [6.45, 7) is 0.989. The lowest BCUT2D eigenvalue weighted by Gasteiger charge is -2.28. The summed E-state index contributed by atoms with van der Waals surface area (Å²) in [4.78, 5) is 39.7. The number of hydrogen-bond acceptors (Lipinski definition) is 5. The van der Waals surface area contributed by atoms with Gasteiger partial charge in [-0.25, -0.2) is 0 Å². The van der Waals surface area contributed by atoms with Gasteiger partial charge in [-0.05, 0) is 49.1 Å². The summed E-state index contributed by atoms with van der Waals surface area (Å²) in [7, 11) is 0. The first-order valence-corrected chi connectivity index (χ1v) is 10.6. The van der Waals surface area contributed by atoms with E-state index >= 15 is 0 Å². The van der Waals surface area contributed by atoms with Gasteiger partial charge in [-0.3, -0.25) is 9.59 Å². The molecule has 1 amide bonds. The second-order valence-corrected chi connectivity index (χ2v) is 8.75. The Balaban J connectivity index is 1.44. The van der Waals surface area contributed by atoms with E-state index in [2.05, 4.69) is 23.5 Å². The van der Waals surface area contributed by atoms with Crippen molar-refractivity contribution in [3.63, 3.8) is 0 Å². The van der Waals surface area contributed by atoms with Gasteiger partial charge in [0.2, 0.25) is 5.91 Å². The zero-order valence-corrected chi connectivity index (χ0v) is 16.7. The van der Waals surface area contributed by atoms with Crippen LogP contribution in [0.15, 0.2) is 24.3 Å². The van der Waals surface area contributed by atoms with E-state index in [9.17, 15) is 14.4 Å². The largest absolute Gasteiger partial charge is 0.332 e. The molecule has 4 rings (SSSR count). The van der Waals surface area contributed by atoms with Gasteiger partial charge in [-0.15, -0.1) is 0 Å². The summed E-state index contributed by atoms with van der Waals surface area (Å²) in [6.07, 6.45) is 5.73. The van der Waals surface area contributed by atoms with Crippen LogP contribution in [0.3, 0.4) is 0 Å². The molecule has 28 heavy (non-hydrogen) atoms. The molecule has 0 radical (unpaired) electrons. The molecular formula is C22H26N2O3S. The maximum absolute atomic E-state index is 13.1. The van der Waals surface area contributed by atoms with Crippen LogP contribution in [0.4, 0.5) is 0 Å². The minimum absolute atomic E-state index is 0.0691. The van der Waals surface area contributed by atoms with Gasteiger partial charge in [0, 0.05) is 24.4 Å². The van der Waals surface area contributed by atoms with Gasteiger partial charge in [0.15, 0.2) is 0 Å². The van der Waals surface area contributed by atoms with E-state index in [0.717, 1.165) is 32.0 Å². The molecule has 2 heterocycles. The van der Waals surface area contributed by atoms with Crippen molar-refractivity contribution in [3.05, 3.63) is 35.4 Å². The number of rotatable bonds is 5. The monoisotopic (exact) mass is 398 g/mol. The zero-order chi connectivity index (χ0) is 19.7. The molecule has 1 aliphatic carbocycles. The molecule has 6 heteroatoms. The number of benzene rings is 1. The number of nitrogens with one attached hydrogen (secondary N) is 1. The Morgan fingerprint density at radius 2 is 2.00 bits per heavy atom. The molecule has 2 fully saturated rings. The van der Waals surface area contributed by atoms with E-state index in [4.69, 9.17) is 12.2 Å². The Bertz CT molecular complexity index is 809. The highest BCUT2D eigenvalue weighted by atomic mass is 32.1. The van der Waals surface area contributed by atoms with Gasteiger partial charge in [-0.1, -0.05) is 36.5 Å². The van der Waals surface area contributed by atoms with Crippen LogP contribution in [0.2, 0.25) is 0 Å². The Kier molecular flexibility index (Phi) is 5.69. The lowest BCUT2D eigenvalue weighted by molar-refractivity contribution is -0.138. The van der Waals surface area contributed by atoms with E-state index in [-0.39, 0.29) is 17.7 Å². The van der Waals surface area contributed by atoms with Crippen LogP contribution in [0, 0.1) is 11.8 Å². The van der Waals surface area contributed by atoms with Crippen molar-refractivity contribution >= 4 is 35.1 Å². The summed E-state index contributed by atoms with van der Waals surface area (Å²) in [6, 6.07) is 7.44. The number of carbonyl (C=O) groups is 3. The van der Waals surface area contributed by atoms with Crippen molar-refractivity contribution in [2.45, 2.75) is 50.6 Å². The average Bonchev–Trinajstić information content (AvgIpc) is 3.33. The molecule has 3 aliphatic rings. The molecule has 1 N–H and O–H groups in total.